The molecule has 3 N–H and O–H groups in total. The molecule has 3 heterocycles. The Labute approximate surface area is 143 Å². The highest BCUT2D eigenvalue weighted by Gasteiger charge is 2.43. The van der Waals surface area contributed by atoms with Crippen LogP contribution in [0.15, 0.2) is 36.8 Å². The highest BCUT2D eigenvalue weighted by Crippen LogP contribution is 2.35. The fourth-order valence-corrected chi connectivity index (χ4v) is 2.77. The lowest BCUT2D eigenvalue weighted by Crippen LogP contribution is -2.15. The number of carbonyl (C=O) groups is 1. The third-order valence-electron chi connectivity index (χ3n) is 4.36. The maximum absolute atomic E-state index is 13.0. The van der Waals surface area contributed by atoms with Gasteiger partial charge in [-0.3, -0.25) is 9.78 Å². The Kier molecular flexibility index (Phi) is 3.56. The van der Waals surface area contributed by atoms with Gasteiger partial charge in [0.1, 0.15) is 17.8 Å². The molecule has 7 heteroatoms. The number of pyridine rings is 3. The molecule has 3 aromatic rings. The molecule has 3 aromatic heterocycles. The van der Waals surface area contributed by atoms with Gasteiger partial charge in [0, 0.05) is 29.5 Å². The third kappa shape index (κ3) is 2.88. The Morgan fingerprint density at radius 3 is 2.88 bits per heavy atom. The van der Waals surface area contributed by atoms with Gasteiger partial charge in [-0.05, 0) is 42.5 Å². The molecule has 0 bridgehead atoms. The van der Waals surface area contributed by atoms with Crippen molar-refractivity contribution in [1.82, 2.24) is 15.0 Å². The quantitative estimate of drug-likeness (QED) is 0.766. The first kappa shape index (κ1) is 15.4. The first-order valence-corrected chi connectivity index (χ1v) is 7.95. The van der Waals surface area contributed by atoms with Gasteiger partial charge in [-0.1, -0.05) is 0 Å². The number of aryl methyl sites for hydroxylation is 1. The van der Waals surface area contributed by atoms with E-state index in [1.165, 1.54) is 0 Å². The predicted octanol–water partition coefficient (Wildman–Crippen LogP) is 2.88. The molecule has 6 nitrogen and oxygen atoms in total. The number of rotatable bonds is 3. The van der Waals surface area contributed by atoms with Crippen LogP contribution in [0.2, 0.25) is 0 Å². The summed E-state index contributed by atoms with van der Waals surface area (Å²) >= 11 is 0. The van der Waals surface area contributed by atoms with Crippen molar-refractivity contribution in [3.8, 4) is 11.3 Å². The van der Waals surface area contributed by atoms with Crippen LogP contribution in [0.25, 0.3) is 22.0 Å². The molecule has 1 saturated carbocycles. The smallest absolute Gasteiger partial charge is 0.231 e. The highest BCUT2D eigenvalue weighted by molar-refractivity contribution is 5.98. The zero-order chi connectivity index (χ0) is 17.6. The fraction of sp³-hybridized carbons (Fsp3) is 0.222. The average molecular weight is 337 g/mol. The van der Waals surface area contributed by atoms with Gasteiger partial charge in [0.15, 0.2) is 0 Å². The molecule has 1 fully saturated rings. The molecule has 1 amide bonds. The monoisotopic (exact) mass is 337 g/mol. The van der Waals surface area contributed by atoms with E-state index in [4.69, 9.17) is 5.73 Å². The molecule has 2 atom stereocenters. The molecule has 4 rings (SSSR count). The van der Waals surface area contributed by atoms with Crippen LogP contribution in [0.3, 0.4) is 0 Å². The van der Waals surface area contributed by atoms with Gasteiger partial charge < -0.3 is 11.1 Å². The van der Waals surface area contributed by atoms with E-state index >= 15 is 0 Å². The summed E-state index contributed by atoms with van der Waals surface area (Å²) < 4.78 is 13.0. The maximum Gasteiger partial charge on any atom is 0.231 e. The van der Waals surface area contributed by atoms with Gasteiger partial charge in [-0.25, -0.2) is 14.4 Å². The van der Waals surface area contributed by atoms with Crippen molar-refractivity contribution in [3.63, 3.8) is 0 Å². The Morgan fingerprint density at radius 2 is 2.16 bits per heavy atom. The van der Waals surface area contributed by atoms with Crippen molar-refractivity contribution in [1.29, 1.82) is 0 Å². The number of nitrogens with one attached hydrogen (secondary N) is 1. The molecule has 126 valence electrons. The Hall–Kier alpha value is -3.09. The van der Waals surface area contributed by atoms with Crippen LogP contribution in [0.4, 0.5) is 16.0 Å². The van der Waals surface area contributed by atoms with Gasteiger partial charge in [-0.15, -0.1) is 0 Å². The summed E-state index contributed by atoms with van der Waals surface area (Å²) in [5, 5.41) is 4.14. The van der Waals surface area contributed by atoms with Crippen LogP contribution < -0.4 is 11.1 Å². The largest absolute Gasteiger partial charge is 0.383 e. The normalized spacial score (nSPS) is 19.0. The number of halogens is 1. The van der Waals surface area contributed by atoms with E-state index < -0.39 is 12.1 Å². The number of nitrogens with two attached hydrogens (primary N) is 1. The standard InChI is InChI=1S/C18H16FN5O/c1-9-2-3-21-7-12(9)15-4-10-5-16(22-8-13(10)17(20)23-15)24-18(25)11-6-14(11)19/h2-5,7-8,11,14H,6H2,1H3,(H2,20,23)(H,22,24,25)/t11-,14+/m0/s1. The number of nitrogens with zero attached hydrogens (tertiary/aromatic N) is 3. The zero-order valence-electron chi connectivity index (χ0n) is 13.5. The van der Waals surface area contributed by atoms with Crippen molar-refractivity contribution in [2.45, 2.75) is 19.5 Å². The van der Waals surface area contributed by atoms with Crippen molar-refractivity contribution >= 4 is 28.3 Å². The van der Waals surface area contributed by atoms with E-state index in [2.05, 4.69) is 20.3 Å². The van der Waals surface area contributed by atoms with Crippen LogP contribution in [0, 0.1) is 12.8 Å². The van der Waals surface area contributed by atoms with Crippen molar-refractivity contribution < 1.29 is 9.18 Å². The SMILES string of the molecule is Cc1ccncc1-c1cc2cc(NC(=O)[C@H]3C[C@H]3F)ncc2c(N)n1. The van der Waals surface area contributed by atoms with Crippen LogP contribution in [-0.2, 0) is 4.79 Å². The molecule has 25 heavy (non-hydrogen) atoms. The predicted molar refractivity (Wildman–Crippen MR) is 93.6 cm³/mol. The number of alkyl halides is 1. The first-order valence-electron chi connectivity index (χ1n) is 7.95. The van der Waals surface area contributed by atoms with Gasteiger partial charge in [0.05, 0.1) is 11.6 Å². The fourth-order valence-electron chi connectivity index (χ4n) is 2.77. The minimum absolute atomic E-state index is 0.278. The summed E-state index contributed by atoms with van der Waals surface area (Å²) in [5.41, 5.74) is 8.68. The maximum atomic E-state index is 13.0. The van der Waals surface area contributed by atoms with Crippen LogP contribution >= 0.6 is 0 Å². The lowest BCUT2D eigenvalue weighted by molar-refractivity contribution is -0.117. The number of fused-ring (bicyclic) bond motifs is 1. The molecular formula is C18H16FN5O. The van der Waals surface area contributed by atoms with Crippen molar-refractivity contribution in [2.75, 3.05) is 11.1 Å². The molecule has 0 aliphatic heterocycles. The summed E-state index contributed by atoms with van der Waals surface area (Å²) in [6.07, 6.45) is 4.26. The van der Waals surface area contributed by atoms with Crippen LogP contribution in [-0.4, -0.2) is 27.0 Å². The summed E-state index contributed by atoms with van der Waals surface area (Å²) in [6, 6.07) is 5.50. The average Bonchev–Trinajstić information content (AvgIpc) is 3.32. The van der Waals surface area contributed by atoms with Gasteiger partial charge in [-0.2, -0.15) is 0 Å². The Bertz CT molecular complexity index is 990. The van der Waals surface area contributed by atoms with Gasteiger partial charge in [0.25, 0.3) is 0 Å². The topological polar surface area (TPSA) is 93.8 Å². The molecule has 0 spiro atoms. The first-order chi connectivity index (χ1) is 12.0. The lowest BCUT2D eigenvalue weighted by atomic mass is 10.1. The van der Waals surface area contributed by atoms with E-state index in [1.807, 2.05) is 19.1 Å². The second kappa shape index (κ2) is 5.77. The number of aromatic nitrogens is 3. The minimum atomic E-state index is -1.04. The molecule has 0 radical (unpaired) electrons. The number of hydrogen-bond donors (Lipinski definition) is 2. The van der Waals surface area contributed by atoms with Gasteiger partial charge in [0.2, 0.25) is 5.91 Å². The molecular weight excluding hydrogens is 321 g/mol. The molecule has 0 saturated heterocycles. The third-order valence-corrected chi connectivity index (χ3v) is 4.36. The molecule has 1 aliphatic rings. The lowest BCUT2D eigenvalue weighted by Gasteiger charge is -2.10. The molecule has 0 unspecified atom stereocenters. The number of anilines is 2. The second-order valence-electron chi connectivity index (χ2n) is 6.22. The number of carbonyl (C=O) groups excluding carboxylic acids is 1. The van der Waals surface area contributed by atoms with Crippen LogP contribution in [0.1, 0.15) is 12.0 Å². The highest BCUT2D eigenvalue weighted by atomic mass is 19.1. The Balaban J connectivity index is 1.73. The van der Waals surface area contributed by atoms with Crippen molar-refractivity contribution in [3.05, 3.63) is 42.4 Å². The molecule has 0 aromatic carbocycles. The van der Waals surface area contributed by atoms with E-state index in [1.54, 1.807) is 24.7 Å². The van der Waals surface area contributed by atoms with Crippen molar-refractivity contribution in [2.24, 2.45) is 5.92 Å². The second-order valence-corrected chi connectivity index (χ2v) is 6.22. The van der Waals surface area contributed by atoms with Crippen LogP contribution in [0.5, 0.6) is 0 Å². The number of nitrogen functional groups attached to an aromatic ring is 1. The van der Waals surface area contributed by atoms with E-state index in [-0.39, 0.29) is 12.3 Å². The number of hydrogen-bond acceptors (Lipinski definition) is 5. The number of amides is 1. The van der Waals surface area contributed by atoms with Gasteiger partial charge >= 0.3 is 0 Å². The summed E-state index contributed by atoms with van der Waals surface area (Å²) in [5.74, 6) is -0.179. The molecule has 1 aliphatic carbocycles. The van der Waals surface area contributed by atoms with E-state index in [0.717, 1.165) is 16.5 Å². The minimum Gasteiger partial charge on any atom is -0.383 e. The summed E-state index contributed by atoms with van der Waals surface area (Å²) in [7, 11) is 0. The summed E-state index contributed by atoms with van der Waals surface area (Å²) in [4.78, 5) is 24.6. The van der Waals surface area contributed by atoms with E-state index in [9.17, 15) is 9.18 Å². The Morgan fingerprint density at radius 1 is 1.36 bits per heavy atom. The zero-order valence-corrected chi connectivity index (χ0v) is 13.5. The van der Waals surface area contributed by atoms with E-state index in [0.29, 0.717) is 22.7 Å². The summed E-state index contributed by atoms with van der Waals surface area (Å²) in [6.45, 7) is 1.97.